The lowest BCUT2D eigenvalue weighted by molar-refractivity contribution is 0.0951. The Morgan fingerprint density at radius 2 is 1.94 bits per heavy atom. The fourth-order valence-electron chi connectivity index (χ4n) is 3.96. The van der Waals surface area contributed by atoms with Gasteiger partial charge < -0.3 is 15.5 Å². The minimum absolute atomic E-state index is 0.00364. The summed E-state index contributed by atoms with van der Waals surface area (Å²) in [5.74, 6) is 0.631. The van der Waals surface area contributed by atoms with E-state index in [0.717, 1.165) is 47.0 Å². The molecule has 162 valence electrons. The van der Waals surface area contributed by atoms with Crippen molar-refractivity contribution in [2.45, 2.75) is 45.2 Å². The summed E-state index contributed by atoms with van der Waals surface area (Å²) in [5.41, 5.74) is 4.69. The van der Waals surface area contributed by atoms with Crippen molar-refractivity contribution in [3.63, 3.8) is 0 Å². The van der Waals surface area contributed by atoms with Gasteiger partial charge in [-0.3, -0.25) is 4.79 Å². The van der Waals surface area contributed by atoms with Crippen molar-refractivity contribution >= 4 is 22.8 Å². The van der Waals surface area contributed by atoms with E-state index in [1.54, 1.807) is 0 Å². The molecular formula is C25H31N5O. The molecule has 0 radical (unpaired) electrons. The highest BCUT2D eigenvalue weighted by atomic mass is 16.1. The van der Waals surface area contributed by atoms with Crippen LogP contribution >= 0.6 is 0 Å². The summed E-state index contributed by atoms with van der Waals surface area (Å²) in [5, 5.41) is 7.47. The van der Waals surface area contributed by atoms with Crippen molar-refractivity contribution in [2.75, 3.05) is 26.0 Å². The maximum absolute atomic E-state index is 12.5. The molecule has 1 aromatic heterocycles. The number of nitrogens with zero attached hydrogens (tertiary/aromatic N) is 3. The number of carbonyl (C=O) groups excluding carboxylic acids is 1. The second kappa shape index (κ2) is 8.27. The van der Waals surface area contributed by atoms with E-state index in [-0.39, 0.29) is 11.4 Å². The molecule has 6 heteroatoms. The molecule has 0 saturated heterocycles. The summed E-state index contributed by atoms with van der Waals surface area (Å²) in [6.07, 6.45) is 4.02. The van der Waals surface area contributed by atoms with E-state index in [0.29, 0.717) is 17.6 Å². The van der Waals surface area contributed by atoms with Crippen LogP contribution in [0.4, 0.5) is 5.95 Å². The highest BCUT2D eigenvalue weighted by Gasteiger charge is 2.24. The number of fused-ring (bicyclic) bond motifs is 1. The first-order valence-electron chi connectivity index (χ1n) is 10.8. The van der Waals surface area contributed by atoms with Crippen LogP contribution in [0.25, 0.3) is 22.0 Å². The smallest absolute Gasteiger partial charge is 0.251 e. The fourth-order valence-corrected chi connectivity index (χ4v) is 3.96. The van der Waals surface area contributed by atoms with Gasteiger partial charge in [-0.25, -0.2) is 9.97 Å². The summed E-state index contributed by atoms with van der Waals surface area (Å²) in [6, 6.07) is 12.4. The molecule has 1 heterocycles. The van der Waals surface area contributed by atoms with Crippen LogP contribution in [-0.2, 0) is 0 Å². The maximum atomic E-state index is 12.5. The Morgan fingerprint density at radius 3 is 2.65 bits per heavy atom. The molecule has 2 N–H and O–H groups in total. The van der Waals surface area contributed by atoms with Gasteiger partial charge in [-0.1, -0.05) is 12.1 Å². The third-order valence-corrected chi connectivity index (χ3v) is 5.46. The van der Waals surface area contributed by atoms with Crippen molar-refractivity contribution in [3.05, 3.63) is 53.7 Å². The predicted molar refractivity (Wildman–Crippen MR) is 126 cm³/mol. The van der Waals surface area contributed by atoms with Crippen LogP contribution in [0.3, 0.4) is 0 Å². The monoisotopic (exact) mass is 417 g/mol. The number of aromatic nitrogens is 2. The largest absolute Gasteiger partial charge is 0.349 e. The number of nitrogens with one attached hydrogen (secondary N) is 2. The molecule has 1 aliphatic carbocycles. The lowest BCUT2D eigenvalue weighted by atomic mass is 9.97. The molecule has 0 atom stereocenters. The number of amides is 1. The second-order valence-electron chi connectivity index (χ2n) is 9.49. The number of rotatable bonds is 7. The van der Waals surface area contributed by atoms with Gasteiger partial charge in [0, 0.05) is 35.3 Å². The molecule has 31 heavy (non-hydrogen) atoms. The number of likely N-dealkylation sites (N-methyl/N-ethyl adjacent to an activating group) is 1. The topological polar surface area (TPSA) is 70.2 Å². The molecule has 1 fully saturated rings. The Morgan fingerprint density at radius 1 is 1.16 bits per heavy atom. The average Bonchev–Trinajstić information content (AvgIpc) is 3.50. The molecule has 0 unspecified atom stereocenters. The highest BCUT2D eigenvalue weighted by Crippen LogP contribution is 2.28. The van der Waals surface area contributed by atoms with Gasteiger partial charge in [0.25, 0.3) is 5.91 Å². The molecule has 1 aliphatic rings. The number of aryl methyl sites for hydroxylation is 1. The van der Waals surface area contributed by atoms with Crippen LogP contribution < -0.4 is 10.6 Å². The Balaban J connectivity index is 1.60. The average molecular weight is 418 g/mol. The number of carbonyl (C=O) groups is 1. The Hall–Kier alpha value is -2.99. The minimum Gasteiger partial charge on any atom is -0.349 e. The van der Waals surface area contributed by atoms with Gasteiger partial charge in [-0.2, -0.15) is 0 Å². The highest BCUT2D eigenvalue weighted by molar-refractivity contribution is 5.96. The molecule has 6 nitrogen and oxygen atoms in total. The van der Waals surface area contributed by atoms with Crippen LogP contribution in [0.2, 0.25) is 0 Å². The van der Waals surface area contributed by atoms with E-state index >= 15 is 0 Å². The summed E-state index contributed by atoms with van der Waals surface area (Å²) in [6.45, 7) is 7.22. The van der Waals surface area contributed by atoms with Gasteiger partial charge in [0.05, 0.1) is 5.52 Å². The van der Waals surface area contributed by atoms with Crippen LogP contribution in [0.5, 0.6) is 0 Å². The van der Waals surface area contributed by atoms with Crippen LogP contribution in [-0.4, -0.2) is 53.0 Å². The van der Waals surface area contributed by atoms with E-state index in [4.69, 9.17) is 4.98 Å². The summed E-state index contributed by atoms with van der Waals surface area (Å²) < 4.78 is 0. The molecule has 3 aromatic rings. The maximum Gasteiger partial charge on any atom is 0.251 e. The molecule has 0 spiro atoms. The quantitative estimate of drug-likeness (QED) is 0.601. The number of anilines is 1. The van der Waals surface area contributed by atoms with E-state index in [1.807, 2.05) is 30.5 Å². The van der Waals surface area contributed by atoms with E-state index in [9.17, 15) is 4.79 Å². The molecular weight excluding hydrogens is 386 g/mol. The number of hydrogen-bond donors (Lipinski definition) is 2. The second-order valence-corrected chi connectivity index (χ2v) is 9.49. The lowest BCUT2D eigenvalue weighted by Gasteiger charge is -2.29. The molecule has 0 aliphatic heterocycles. The minimum atomic E-state index is -0.143. The van der Waals surface area contributed by atoms with E-state index in [1.165, 1.54) is 0 Å². The van der Waals surface area contributed by atoms with Crippen molar-refractivity contribution in [3.8, 4) is 11.1 Å². The lowest BCUT2D eigenvalue weighted by Crippen LogP contribution is -2.41. The Labute approximate surface area is 184 Å². The first-order chi connectivity index (χ1) is 14.7. The van der Waals surface area contributed by atoms with Crippen molar-refractivity contribution < 1.29 is 4.79 Å². The van der Waals surface area contributed by atoms with Crippen LogP contribution in [0, 0.1) is 6.92 Å². The predicted octanol–water partition coefficient (Wildman–Crippen LogP) is 4.25. The SMILES string of the molecule is Cc1ccc(C(=O)NC2CC2)cc1-c1ccc2nc(NC(C)(C)CN(C)C)ncc2c1. The van der Waals surface area contributed by atoms with Gasteiger partial charge in [0.1, 0.15) is 0 Å². The first kappa shape index (κ1) is 21.2. The number of benzene rings is 2. The zero-order chi connectivity index (χ0) is 22.2. The van der Waals surface area contributed by atoms with Crippen molar-refractivity contribution in [1.29, 1.82) is 0 Å². The Kier molecular flexibility index (Phi) is 5.67. The van der Waals surface area contributed by atoms with Gasteiger partial charge in [0.2, 0.25) is 5.95 Å². The van der Waals surface area contributed by atoms with Gasteiger partial charge in [-0.15, -0.1) is 0 Å². The van der Waals surface area contributed by atoms with Gasteiger partial charge in [0.15, 0.2) is 0 Å². The first-order valence-corrected chi connectivity index (χ1v) is 10.8. The summed E-state index contributed by atoms with van der Waals surface area (Å²) >= 11 is 0. The fraction of sp³-hybridized carbons (Fsp3) is 0.400. The zero-order valence-electron chi connectivity index (χ0n) is 19.0. The third-order valence-electron chi connectivity index (χ3n) is 5.46. The molecule has 1 saturated carbocycles. The van der Waals surface area contributed by atoms with E-state index < -0.39 is 0 Å². The van der Waals surface area contributed by atoms with Crippen molar-refractivity contribution in [1.82, 2.24) is 20.2 Å². The third kappa shape index (κ3) is 5.20. The van der Waals surface area contributed by atoms with Crippen LogP contribution in [0.1, 0.15) is 42.6 Å². The van der Waals surface area contributed by atoms with E-state index in [2.05, 4.69) is 67.5 Å². The molecule has 1 amide bonds. The standard InChI is InChI=1S/C25H31N5O/c1-16-6-7-18(23(31)27-20-9-10-20)13-21(16)17-8-11-22-19(12-17)14-26-24(28-22)29-25(2,3)15-30(4)5/h6-8,11-14,20H,9-10,15H2,1-5H3,(H,27,31)(H,26,28,29). The van der Waals surface area contributed by atoms with Crippen molar-refractivity contribution in [2.24, 2.45) is 0 Å². The molecule has 4 rings (SSSR count). The Bertz CT molecular complexity index is 1120. The molecule has 0 bridgehead atoms. The molecule has 2 aromatic carbocycles. The number of hydrogen-bond acceptors (Lipinski definition) is 5. The summed E-state index contributed by atoms with van der Waals surface area (Å²) in [7, 11) is 4.11. The van der Waals surface area contributed by atoms with Gasteiger partial charge in [-0.05, 0) is 88.7 Å². The van der Waals surface area contributed by atoms with Gasteiger partial charge >= 0.3 is 0 Å². The van der Waals surface area contributed by atoms with Crippen LogP contribution in [0.15, 0.2) is 42.6 Å². The normalized spacial score (nSPS) is 14.1. The zero-order valence-corrected chi connectivity index (χ0v) is 19.0. The summed E-state index contributed by atoms with van der Waals surface area (Å²) in [4.78, 5) is 23.9.